The topological polar surface area (TPSA) is 33.0 Å². The Kier molecular flexibility index (Phi) is 7.73. The fourth-order valence-electron chi connectivity index (χ4n) is 1.31. The molecule has 2 nitrogen and oxygen atoms in total. The first-order chi connectivity index (χ1) is 6.20. The van der Waals surface area contributed by atoms with Gasteiger partial charge in [0.1, 0.15) is 6.10 Å². The third-order valence-electron chi connectivity index (χ3n) is 2.08. The molecule has 0 aliphatic rings. The fourth-order valence-corrected chi connectivity index (χ4v) is 1.31. The van der Waals surface area contributed by atoms with Gasteiger partial charge in [-0.05, 0) is 20.3 Å². The molecule has 0 saturated carbocycles. The Labute approximate surface area is 81.9 Å². The van der Waals surface area contributed by atoms with E-state index in [1.165, 1.54) is 25.7 Å². The van der Waals surface area contributed by atoms with Crippen molar-refractivity contribution in [2.75, 3.05) is 0 Å². The van der Waals surface area contributed by atoms with Crippen molar-refractivity contribution in [2.24, 2.45) is 0 Å². The number of ether oxygens (including phenoxy) is 1. The van der Waals surface area contributed by atoms with E-state index < -0.39 is 0 Å². The Morgan fingerprint density at radius 1 is 1.23 bits per heavy atom. The van der Waals surface area contributed by atoms with Crippen LogP contribution in [0.4, 0.5) is 0 Å². The van der Waals surface area contributed by atoms with E-state index in [4.69, 9.17) is 10.00 Å². The van der Waals surface area contributed by atoms with Gasteiger partial charge in [0, 0.05) is 0 Å². The van der Waals surface area contributed by atoms with E-state index in [-0.39, 0.29) is 12.2 Å². The fraction of sp³-hybridized carbons (Fsp3) is 0.909. The zero-order valence-electron chi connectivity index (χ0n) is 9.05. The van der Waals surface area contributed by atoms with Crippen molar-refractivity contribution in [3.05, 3.63) is 0 Å². The van der Waals surface area contributed by atoms with Crippen LogP contribution in [0.2, 0.25) is 0 Å². The molecule has 2 atom stereocenters. The number of nitrogens with zero attached hydrogens (tertiary/aromatic N) is 1. The molecular weight excluding hydrogens is 162 g/mol. The van der Waals surface area contributed by atoms with Crippen molar-refractivity contribution in [2.45, 2.75) is 65.1 Å². The van der Waals surface area contributed by atoms with Crippen LogP contribution < -0.4 is 0 Å². The molecule has 13 heavy (non-hydrogen) atoms. The van der Waals surface area contributed by atoms with E-state index in [0.29, 0.717) is 0 Å². The number of unbranched alkanes of at least 4 members (excludes halogenated alkanes) is 3. The predicted molar refractivity (Wildman–Crippen MR) is 54.4 cm³/mol. The summed E-state index contributed by atoms with van der Waals surface area (Å²) in [4.78, 5) is 0. The van der Waals surface area contributed by atoms with Crippen LogP contribution in [0.5, 0.6) is 0 Å². The SMILES string of the molecule is CCCCCCC(C)OC(C)C#N. The summed E-state index contributed by atoms with van der Waals surface area (Å²) in [5.74, 6) is 0. The third-order valence-corrected chi connectivity index (χ3v) is 2.08. The Hall–Kier alpha value is -0.550. The highest BCUT2D eigenvalue weighted by Crippen LogP contribution is 2.09. The number of rotatable bonds is 7. The van der Waals surface area contributed by atoms with Crippen LogP contribution in [0, 0.1) is 11.3 Å². The van der Waals surface area contributed by atoms with E-state index in [1.54, 1.807) is 6.92 Å². The van der Waals surface area contributed by atoms with E-state index in [0.717, 1.165) is 6.42 Å². The van der Waals surface area contributed by atoms with Crippen LogP contribution in [0.1, 0.15) is 52.9 Å². The zero-order valence-corrected chi connectivity index (χ0v) is 9.05. The van der Waals surface area contributed by atoms with E-state index in [2.05, 4.69) is 13.0 Å². The second kappa shape index (κ2) is 8.07. The first-order valence-corrected chi connectivity index (χ1v) is 5.25. The van der Waals surface area contributed by atoms with Crippen LogP contribution in [0.25, 0.3) is 0 Å². The summed E-state index contributed by atoms with van der Waals surface area (Å²) in [6.45, 7) is 6.04. The molecule has 2 unspecified atom stereocenters. The Morgan fingerprint density at radius 3 is 2.46 bits per heavy atom. The van der Waals surface area contributed by atoms with Gasteiger partial charge in [0.25, 0.3) is 0 Å². The van der Waals surface area contributed by atoms with Gasteiger partial charge in [-0.3, -0.25) is 0 Å². The molecule has 0 rings (SSSR count). The Bertz CT molecular complexity index is 151. The second-order valence-corrected chi connectivity index (χ2v) is 3.57. The summed E-state index contributed by atoms with van der Waals surface area (Å²) in [5.41, 5.74) is 0. The molecule has 2 heteroatoms. The zero-order chi connectivity index (χ0) is 10.1. The van der Waals surface area contributed by atoms with Crippen molar-refractivity contribution in [1.29, 1.82) is 5.26 Å². The predicted octanol–water partition coefficient (Wildman–Crippen LogP) is 3.27. The summed E-state index contributed by atoms with van der Waals surface area (Å²) in [5, 5.41) is 8.52. The number of hydrogen-bond acceptors (Lipinski definition) is 2. The molecule has 0 aliphatic carbocycles. The van der Waals surface area contributed by atoms with Gasteiger partial charge < -0.3 is 4.74 Å². The van der Waals surface area contributed by atoms with Gasteiger partial charge in [0.05, 0.1) is 12.2 Å². The minimum Gasteiger partial charge on any atom is -0.361 e. The average Bonchev–Trinajstić information content (AvgIpc) is 2.12. The van der Waals surface area contributed by atoms with Crippen molar-refractivity contribution >= 4 is 0 Å². The lowest BCUT2D eigenvalue weighted by Crippen LogP contribution is -2.15. The van der Waals surface area contributed by atoms with E-state index in [9.17, 15) is 0 Å². The molecule has 0 saturated heterocycles. The maximum Gasteiger partial charge on any atom is 0.141 e. The van der Waals surface area contributed by atoms with Crippen LogP contribution in [-0.4, -0.2) is 12.2 Å². The second-order valence-electron chi connectivity index (χ2n) is 3.57. The van der Waals surface area contributed by atoms with E-state index >= 15 is 0 Å². The molecule has 0 N–H and O–H groups in total. The van der Waals surface area contributed by atoms with Crippen LogP contribution in [0.3, 0.4) is 0 Å². The van der Waals surface area contributed by atoms with Crippen molar-refractivity contribution in [3.8, 4) is 6.07 Å². The highest BCUT2D eigenvalue weighted by atomic mass is 16.5. The Morgan fingerprint density at radius 2 is 1.92 bits per heavy atom. The first kappa shape index (κ1) is 12.4. The monoisotopic (exact) mass is 183 g/mol. The maximum atomic E-state index is 8.52. The quantitative estimate of drug-likeness (QED) is 0.567. The summed E-state index contributed by atoms with van der Waals surface area (Å²) in [6.07, 6.45) is 6.11. The molecule has 0 spiro atoms. The van der Waals surface area contributed by atoms with Gasteiger partial charge in [-0.15, -0.1) is 0 Å². The van der Waals surface area contributed by atoms with E-state index in [1.807, 2.05) is 6.92 Å². The highest BCUT2D eigenvalue weighted by Gasteiger charge is 2.06. The highest BCUT2D eigenvalue weighted by molar-refractivity contribution is 4.79. The minimum atomic E-state index is -0.263. The molecule has 0 fully saturated rings. The molecule has 0 aromatic carbocycles. The summed E-state index contributed by atoms with van der Waals surface area (Å²) in [7, 11) is 0. The molecule has 76 valence electrons. The smallest absolute Gasteiger partial charge is 0.141 e. The van der Waals surface area contributed by atoms with Crippen LogP contribution >= 0.6 is 0 Å². The van der Waals surface area contributed by atoms with Crippen LogP contribution in [-0.2, 0) is 4.74 Å². The van der Waals surface area contributed by atoms with Gasteiger partial charge in [0.2, 0.25) is 0 Å². The first-order valence-electron chi connectivity index (χ1n) is 5.25. The molecule has 0 bridgehead atoms. The molecule has 0 aromatic rings. The van der Waals surface area contributed by atoms with Crippen molar-refractivity contribution in [1.82, 2.24) is 0 Å². The molecule has 0 radical (unpaired) electrons. The summed E-state index contributed by atoms with van der Waals surface area (Å²) < 4.78 is 5.42. The lowest BCUT2D eigenvalue weighted by molar-refractivity contribution is 0.0318. The number of hydrogen-bond donors (Lipinski definition) is 0. The molecule has 0 amide bonds. The summed E-state index contributed by atoms with van der Waals surface area (Å²) >= 11 is 0. The number of nitriles is 1. The van der Waals surface area contributed by atoms with Gasteiger partial charge in [-0.2, -0.15) is 5.26 Å². The Balaban J connectivity index is 3.30. The van der Waals surface area contributed by atoms with Crippen LogP contribution in [0.15, 0.2) is 0 Å². The van der Waals surface area contributed by atoms with Gasteiger partial charge >= 0.3 is 0 Å². The minimum absolute atomic E-state index is 0.228. The lowest BCUT2D eigenvalue weighted by atomic mass is 10.1. The third kappa shape index (κ3) is 7.80. The molecule has 0 aliphatic heterocycles. The normalized spacial score (nSPS) is 14.9. The molecular formula is C11H21NO. The van der Waals surface area contributed by atoms with Crippen molar-refractivity contribution < 1.29 is 4.74 Å². The lowest BCUT2D eigenvalue weighted by Gasteiger charge is -2.13. The largest absolute Gasteiger partial charge is 0.361 e. The summed E-state index contributed by atoms with van der Waals surface area (Å²) in [6, 6.07) is 2.08. The maximum absolute atomic E-state index is 8.52. The van der Waals surface area contributed by atoms with Gasteiger partial charge in [0.15, 0.2) is 0 Å². The molecule has 0 heterocycles. The standard InChI is InChI=1S/C11H21NO/c1-4-5-6-7-8-10(2)13-11(3)9-12/h10-11H,4-8H2,1-3H3. The van der Waals surface area contributed by atoms with Gasteiger partial charge in [-0.1, -0.05) is 32.6 Å². The molecule has 0 aromatic heterocycles. The average molecular weight is 183 g/mol. The van der Waals surface area contributed by atoms with Gasteiger partial charge in [-0.25, -0.2) is 0 Å². The van der Waals surface area contributed by atoms with Crippen molar-refractivity contribution in [3.63, 3.8) is 0 Å².